The molecule has 0 spiro atoms. The molecule has 1 aliphatic rings. The summed E-state index contributed by atoms with van der Waals surface area (Å²) in [6.45, 7) is 2.65. The first-order valence-corrected chi connectivity index (χ1v) is 4.69. The molecule has 0 N–H and O–H groups in total. The minimum Gasteiger partial charge on any atom is -0.303 e. The van der Waals surface area contributed by atoms with Crippen LogP contribution in [0.2, 0.25) is 0 Å². The third-order valence-electron chi connectivity index (χ3n) is 2.50. The summed E-state index contributed by atoms with van der Waals surface area (Å²) in [5.74, 6) is -2.52. The van der Waals surface area contributed by atoms with Crippen LogP contribution in [0.4, 0.5) is 13.2 Å². The predicted octanol–water partition coefficient (Wildman–Crippen LogP) is 2.32. The standard InChI is InChI=1S/C9H16F3N/c1-8-2-4-13(6-8)5-3-9(11,12)7-10/h8H,2-7H2,1H3/t8-/m0/s1. The molecular weight excluding hydrogens is 179 g/mol. The van der Waals surface area contributed by atoms with Crippen molar-refractivity contribution in [2.45, 2.75) is 25.7 Å². The second-order valence-electron chi connectivity index (χ2n) is 3.93. The van der Waals surface area contributed by atoms with E-state index >= 15 is 0 Å². The van der Waals surface area contributed by atoms with Gasteiger partial charge in [0.25, 0.3) is 5.92 Å². The van der Waals surface area contributed by atoms with Crippen molar-refractivity contribution in [1.29, 1.82) is 0 Å². The van der Waals surface area contributed by atoms with Gasteiger partial charge in [-0.2, -0.15) is 0 Å². The molecule has 0 aromatic rings. The Kier molecular flexibility index (Phi) is 3.59. The van der Waals surface area contributed by atoms with E-state index < -0.39 is 12.6 Å². The van der Waals surface area contributed by atoms with E-state index in [-0.39, 0.29) is 6.42 Å². The minimum absolute atomic E-state index is 0.321. The first-order valence-electron chi connectivity index (χ1n) is 4.69. The van der Waals surface area contributed by atoms with Gasteiger partial charge in [0, 0.05) is 19.5 Å². The molecule has 0 aromatic heterocycles. The fourth-order valence-corrected chi connectivity index (χ4v) is 1.62. The van der Waals surface area contributed by atoms with Gasteiger partial charge in [-0.3, -0.25) is 0 Å². The Hall–Kier alpha value is -0.250. The van der Waals surface area contributed by atoms with E-state index in [4.69, 9.17) is 0 Å². The Balaban J connectivity index is 2.19. The molecule has 0 unspecified atom stereocenters. The molecule has 0 amide bonds. The average molecular weight is 195 g/mol. The molecular formula is C9H16F3N. The number of nitrogens with zero attached hydrogens (tertiary/aromatic N) is 1. The first-order chi connectivity index (χ1) is 6.03. The maximum absolute atomic E-state index is 12.5. The highest BCUT2D eigenvalue weighted by molar-refractivity contribution is 4.75. The van der Waals surface area contributed by atoms with E-state index in [1.807, 2.05) is 4.90 Å². The van der Waals surface area contributed by atoms with Crippen molar-refractivity contribution in [2.75, 3.05) is 26.3 Å². The summed E-state index contributed by atoms with van der Waals surface area (Å²) >= 11 is 0. The van der Waals surface area contributed by atoms with Gasteiger partial charge in [0.15, 0.2) is 6.67 Å². The Morgan fingerprint density at radius 1 is 1.46 bits per heavy atom. The maximum atomic E-state index is 12.5. The second-order valence-corrected chi connectivity index (χ2v) is 3.93. The molecule has 1 atom stereocenters. The van der Waals surface area contributed by atoms with Gasteiger partial charge in [-0.1, -0.05) is 6.92 Å². The molecule has 1 heterocycles. The first kappa shape index (κ1) is 10.8. The van der Waals surface area contributed by atoms with Crippen LogP contribution in [0.3, 0.4) is 0 Å². The van der Waals surface area contributed by atoms with Crippen LogP contribution in [0, 0.1) is 5.92 Å². The fraction of sp³-hybridized carbons (Fsp3) is 1.00. The zero-order valence-electron chi connectivity index (χ0n) is 7.90. The van der Waals surface area contributed by atoms with Crippen LogP contribution >= 0.6 is 0 Å². The summed E-state index contributed by atoms with van der Waals surface area (Å²) in [4.78, 5) is 1.98. The SMILES string of the molecule is C[C@H]1CCN(CCC(F)(F)CF)C1. The van der Waals surface area contributed by atoms with Crippen LogP contribution in [0.25, 0.3) is 0 Å². The summed E-state index contributed by atoms with van der Waals surface area (Å²) in [6, 6.07) is 0. The van der Waals surface area contributed by atoms with Gasteiger partial charge in [-0.05, 0) is 18.9 Å². The van der Waals surface area contributed by atoms with E-state index in [0.29, 0.717) is 12.5 Å². The molecule has 78 valence electrons. The van der Waals surface area contributed by atoms with E-state index in [1.54, 1.807) is 0 Å². The number of hydrogen-bond acceptors (Lipinski definition) is 1. The zero-order valence-corrected chi connectivity index (χ0v) is 7.90. The van der Waals surface area contributed by atoms with Crippen molar-refractivity contribution in [3.8, 4) is 0 Å². The van der Waals surface area contributed by atoms with E-state index in [9.17, 15) is 13.2 Å². The van der Waals surface area contributed by atoms with Crippen LogP contribution in [0.15, 0.2) is 0 Å². The summed E-state index contributed by atoms with van der Waals surface area (Å²) in [6.07, 6.45) is 0.720. The lowest BCUT2D eigenvalue weighted by Crippen LogP contribution is -2.29. The lowest BCUT2D eigenvalue weighted by atomic mass is 10.2. The van der Waals surface area contributed by atoms with Crippen molar-refractivity contribution < 1.29 is 13.2 Å². The highest BCUT2D eigenvalue weighted by Crippen LogP contribution is 2.22. The molecule has 1 nitrogen and oxygen atoms in total. The highest BCUT2D eigenvalue weighted by atomic mass is 19.3. The normalized spacial score (nSPS) is 25.4. The number of alkyl halides is 3. The Bertz CT molecular complexity index is 161. The van der Waals surface area contributed by atoms with Gasteiger partial charge in [0.2, 0.25) is 0 Å². The second kappa shape index (κ2) is 4.31. The molecule has 13 heavy (non-hydrogen) atoms. The van der Waals surface area contributed by atoms with Crippen LogP contribution in [0.5, 0.6) is 0 Å². The lowest BCUT2D eigenvalue weighted by molar-refractivity contribution is -0.0358. The number of likely N-dealkylation sites (tertiary alicyclic amines) is 1. The Labute approximate surface area is 76.9 Å². The predicted molar refractivity (Wildman–Crippen MR) is 45.8 cm³/mol. The number of hydrogen-bond donors (Lipinski definition) is 0. The number of halogens is 3. The third kappa shape index (κ3) is 3.55. The molecule has 1 aliphatic heterocycles. The number of rotatable bonds is 4. The molecule has 1 fully saturated rings. The topological polar surface area (TPSA) is 3.24 Å². The largest absolute Gasteiger partial charge is 0.303 e. The molecule has 0 radical (unpaired) electrons. The molecule has 4 heteroatoms. The highest BCUT2D eigenvalue weighted by Gasteiger charge is 2.30. The van der Waals surface area contributed by atoms with Gasteiger partial charge in [0.05, 0.1) is 0 Å². The Morgan fingerprint density at radius 2 is 2.15 bits per heavy atom. The molecule has 1 rings (SSSR count). The zero-order chi connectivity index (χ0) is 9.90. The van der Waals surface area contributed by atoms with Gasteiger partial charge in [-0.15, -0.1) is 0 Å². The third-order valence-corrected chi connectivity index (χ3v) is 2.50. The van der Waals surface area contributed by atoms with Crippen LogP contribution in [-0.4, -0.2) is 37.1 Å². The average Bonchev–Trinajstić information content (AvgIpc) is 2.48. The van der Waals surface area contributed by atoms with Crippen molar-refractivity contribution in [3.63, 3.8) is 0 Å². The van der Waals surface area contributed by atoms with Gasteiger partial charge in [-0.25, -0.2) is 13.2 Å². The summed E-state index contributed by atoms with van der Waals surface area (Å²) in [5, 5.41) is 0. The van der Waals surface area contributed by atoms with Gasteiger partial charge < -0.3 is 4.90 Å². The smallest absolute Gasteiger partial charge is 0.277 e. The van der Waals surface area contributed by atoms with Crippen molar-refractivity contribution in [3.05, 3.63) is 0 Å². The summed E-state index contributed by atoms with van der Waals surface area (Å²) < 4.78 is 36.8. The summed E-state index contributed by atoms with van der Waals surface area (Å²) in [5.41, 5.74) is 0. The minimum atomic E-state index is -3.12. The molecule has 0 aliphatic carbocycles. The van der Waals surface area contributed by atoms with Crippen molar-refractivity contribution >= 4 is 0 Å². The van der Waals surface area contributed by atoms with Crippen molar-refractivity contribution in [1.82, 2.24) is 4.90 Å². The van der Waals surface area contributed by atoms with E-state index in [0.717, 1.165) is 19.5 Å². The fourth-order valence-electron chi connectivity index (χ4n) is 1.62. The quantitative estimate of drug-likeness (QED) is 0.665. The monoisotopic (exact) mass is 195 g/mol. The Morgan fingerprint density at radius 3 is 2.62 bits per heavy atom. The van der Waals surface area contributed by atoms with Gasteiger partial charge in [0.1, 0.15) is 0 Å². The van der Waals surface area contributed by atoms with Crippen LogP contribution < -0.4 is 0 Å². The molecule has 0 bridgehead atoms. The van der Waals surface area contributed by atoms with Crippen LogP contribution in [-0.2, 0) is 0 Å². The molecule has 0 saturated carbocycles. The van der Waals surface area contributed by atoms with Gasteiger partial charge >= 0.3 is 0 Å². The van der Waals surface area contributed by atoms with E-state index in [1.165, 1.54) is 0 Å². The summed E-state index contributed by atoms with van der Waals surface area (Å²) in [7, 11) is 0. The van der Waals surface area contributed by atoms with E-state index in [2.05, 4.69) is 6.92 Å². The van der Waals surface area contributed by atoms with Crippen LogP contribution in [0.1, 0.15) is 19.8 Å². The molecule has 1 saturated heterocycles. The maximum Gasteiger partial charge on any atom is 0.277 e. The van der Waals surface area contributed by atoms with Crippen molar-refractivity contribution in [2.24, 2.45) is 5.92 Å². The lowest BCUT2D eigenvalue weighted by Gasteiger charge is -2.18. The molecule has 0 aromatic carbocycles.